The molecule has 25 heavy (non-hydrogen) atoms. The highest BCUT2D eigenvalue weighted by molar-refractivity contribution is 5.82. The van der Waals surface area contributed by atoms with E-state index in [0.29, 0.717) is 36.7 Å². The molecule has 2 unspecified atom stereocenters. The van der Waals surface area contributed by atoms with Crippen molar-refractivity contribution < 1.29 is 9.84 Å². The smallest absolute Gasteiger partial charge is 0.165 e. The van der Waals surface area contributed by atoms with E-state index in [2.05, 4.69) is 25.3 Å². The van der Waals surface area contributed by atoms with Crippen molar-refractivity contribution in [1.82, 2.24) is 24.5 Å². The summed E-state index contributed by atoms with van der Waals surface area (Å²) < 4.78 is 7.22. The summed E-state index contributed by atoms with van der Waals surface area (Å²) in [6.07, 6.45) is 7.19. The minimum absolute atomic E-state index is 0.169. The van der Waals surface area contributed by atoms with Crippen LogP contribution in [0.3, 0.4) is 0 Å². The molecule has 8 nitrogen and oxygen atoms in total. The van der Waals surface area contributed by atoms with E-state index in [1.165, 1.54) is 6.33 Å². The number of pyridine rings is 1. The van der Waals surface area contributed by atoms with Crippen molar-refractivity contribution in [3.8, 4) is 0 Å². The summed E-state index contributed by atoms with van der Waals surface area (Å²) in [5, 5.41) is 13.7. The molecule has 0 aromatic carbocycles. The number of nitrogens with zero attached hydrogens (tertiary/aromatic N) is 5. The Morgan fingerprint density at radius 2 is 2.32 bits per heavy atom. The molecule has 0 amide bonds. The summed E-state index contributed by atoms with van der Waals surface area (Å²) >= 11 is 0. The number of rotatable bonds is 6. The summed E-state index contributed by atoms with van der Waals surface area (Å²) in [6.45, 7) is 2.39. The zero-order valence-corrected chi connectivity index (χ0v) is 13.7. The van der Waals surface area contributed by atoms with Crippen LogP contribution in [0.4, 0.5) is 5.82 Å². The fraction of sp³-hybridized carbons (Fsp3) is 0.412. The minimum Gasteiger partial charge on any atom is -0.391 e. The number of anilines is 1. The highest BCUT2D eigenvalue weighted by Crippen LogP contribution is 2.21. The lowest BCUT2D eigenvalue weighted by atomic mass is 10.0. The lowest BCUT2D eigenvalue weighted by Crippen LogP contribution is -2.25. The van der Waals surface area contributed by atoms with Crippen molar-refractivity contribution in [3.05, 3.63) is 42.7 Å². The third kappa shape index (κ3) is 3.45. The minimum atomic E-state index is -0.471. The topological polar surface area (TPSA) is 98.0 Å². The number of ether oxygens (including phenoxy) is 1. The Bertz CT molecular complexity index is 832. The highest BCUT2D eigenvalue weighted by Gasteiger charge is 2.25. The summed E-state index contributed by atoms with van der Waals surface area (Å²) in [5.41, 5.74) is 2.47. The van der Waals surface area contributed by atoms with Crippen LogP contribution in [0, 0.1) is 5.92 Å². The number of aromatic nitrogens is 5. The average Bonchev–Trinajstić information content (AvgIpc) is 3.31. The second-order valence-electron chi connectivity index (χ2n) is 6.20. The van der Waals surface area contributed by atoms with Crippen LogP contribution in [0.1, 0.15) is 12.0 Å². The van der Waals surface area contributed by atoms with Gasteiger partial charge in [0, 0.05) is 31.5 Å². The normalized spacial score (nSPS) is 18.5. The van der Waals surface area contributed by atoms with Gasteiger partial charge in [0.25, 0.3) is 0 Å². The third-order valence-corrected chi connectivity index (χ3v) is 4.48. The second kappa shape index (κ2) is 7.12. The molecule has 4 heterocycles. The molecule has 2 atom stereocenters. The first-order valence-electron chi connectivity index (χ1n) is 8.35. The van der Waals surface area contributed by atoms with E-state index < -0.39 is 6.10 Å². The Morgan fingerprint density at radius 1 is 1.36 bits per heavy atom. The zero-order valence-electron chi connectivity index (χ0n) is 13.7. The molecule has 0 aliphatic carbocycles. The molecule has 3 aromatic rings. The van der Waals surface area contributed by atoms with E-state index in [4.69, 9.17) is 4.74 Å². The first-order chi connectivity index (χ1) is 12.3. The van der Waals surface area contributed by atoms with Gasteiger partial charge in [0.2, 0.25) is 0 Å². The van der Waals surface area contributed by atoms with Gasteiger partial charge in [-0.3, -0.25) is 4.98 Å². The van der Waals surface area contributed by atoms with E-state index in [1.807, 2.05) is 22.9 Å². The van der Waals surface area contributed by atoms with Crippen LogP contribution in [-0.2, 0) is 17.8 Å². The monoisotopic (exact) mass is 340 g/mol. The van der Waals surface area contributed by atoms with Crippen molar-refractivity contribution in [3.63, 3.8) is 0 Å². The summed E-state index contributed by atoms with van der Waals surface area (Å²) in [7, 11) is 0. The zero-order chi connectivity index (χ0) is 17.1. The number of aliphatic hydroxyl groups excluding tert-OH is 1. The van der Waals surface area contributed by atoms with Gasteiger partial charge in [-0.1, -0.05) is 6.07 Å². The Labute approximate surface area is 144 Å². The van der Waals surface area contributed by atoms with Crippen molar-refractivity contribution in [1.29, 1.82) is 0 Å². The highest BCUT2D eigenvalue weighted by atomic mass is 16.5. The fourth-order valence-corrected chi connectivity index (χ4v) is 3.04. The lowest BCUT2D eigenvalue weighted by molar-refractivity contribution is 0.0785. The number of hydrogen-bond donors (Lipinski definition) is 2. The molecule has 0 saturated carbocycles. The van der Waals surface area contributed by atoms with Crippen molar-refractivity contribution in [2.24, 2.45) is 5.92 Å². The number of nitrogens with one attached hydrogen (secondary N) is 1. The fourth-order valence-electron chi connectivity index (χ4n) is 3.04. The number of imidazole rings is 1. The molecule has 130 valence electrons. The maximum Gasteiger partial charge on any atom is 0.165 e. The molecular formula is C17H20N6O2. The number of aliphatic hydroxyl groups is 1. The maximum atomic E-state index is 10.4. The standard InChI is InChI=1S/C17H20N6O2/c24-14(13-3-5-25-9-13)8-23-11-22-15-16(20-10-21-17(15)23)19-7-12-2-1-4-18-6-12/h1-2,4,6,10-11,13-14,24H,3,5,7-9H2,(H,19,20,21). The van der Waals surface area contributed by atoms with Crippen LogP contribution in [0.25, 0.3) is 11.2 Å². The van der Waals surface area contributed by atoms with Gasteiger partial charge in [0.15, 0.2) is 11.5 Å². The molecular weight excluding hydrogens is 320 g/mol. The van der Waals surface area contributed by atoms with Gasteiger partial charge >= 0.3 is 0 Å². The molecule has 4 rings (SSSR count). The Kier molecular flexibility index (Phi) is 4.53. The third-order valence-electron chi connectivity index (χ3n) is 4.48. The van der Waals surface area contributed by atoms with Crippen LogP contribution in [0.5, 0.6) is 0 Å². The predicted octanol–water partition coefficient (Wildman–Crippen LogP) is 1.23. The van der Waals surface area contributed by atoms with Gasteiger partial charge in [-0.05, 0) is 18.1 Å². The largest absolute Gasteiger partial charge is 0.391 e. The number of fused-ring (bicyclic) bond motifs is 1. The van der Waals surface area contributed by atoms with Crippen molar-refractivity contribution in [2.45, 2.75) is 25.6 Å². The molecule has 8 heteroatoms. The quantitative estimate of drug-likeness (QED) is 0.696. The molecule has 1 saturated heterocycles. The second-order valence-corrected chi connectivity index (χ2v) is 6.20. The summed E-state index contributed by atoms with van der Waals surface area (Å²) in [5.74, 6) is 0.841. The summed E-state index contributed by atoms with van der Waals surface area (Å²) in [4.78, 5) is 17.2. The average molecular weight is 340 g/mol. The van der Waals surface area contributed by atoms with Gasteiger partial charge < -0.3 is 19.7 Å². The van der Waals surface area contributed by atoms with E-state index in [1.54, 1.807) is 12.5 Å². The van der Waals surface area contributed by atoms with Gasteiger partial charge in [0.05, 0.1) is 25.6 Å². The molecule has 1 aliphatic rings. The Hall–Kier alpha value is -2.58. The molecule has 1 aliphatic heterocycles. The SMILES string of the molecule is OC(Cn1cnc2c(NCc3cccnc3)ncnc21)C1CCOC1. The Morgan fingerprint density at radius 3 is 3.12 bits per heavy atom. The molecule has 0 bridgehead atoms. The lowest BCUT2D eigenvalue weighted by Gasteiger charge is -2.17. The van der Waals surface area contributed by atoms with Gasteiger partial charge in [-0.2, -0.15) is 0 Å². The Balaban J connectivity index is 1.51. The van der Waals surface area contributed by atoms with Gasteiger partial charge in [-0.15, -0.1) is 0 Å². The van der Waals surface area contributed by atoms with Gasteiger partial charge in [0.1, 0.15) is 11.8 Å². The molecule has 0 spiro atoms. The van der Waals surface area contributed by atoms with Crippen LogP contribution >= 0.6 is 0 Å². The van der Waals surface area contributed by atoms with Crippen LogP contribution in [0.15, 0.2) is 37.2 Å². The molecule has 1 fully saturated rings. The van der Waals surface area contributed by atoms with E-state index >= 15 is 0 Å². The maximum absolute atomic E-state index is 10.4. The predicted molar refractivity (Wildman–Crippen MR) is 91.8 cm³/mol. The van der Waals surface area contributed by atoms with E-state index in [9.17, 15) is 5.11 Å². The van der Waals surface area contributed by atoms with Gasteiger partial charge in [-0.25, -0.2) is 15.0 Å². The van der Waals surface area contributed by atoms with E-state index in [-0.39, 0.29) is 5.92 Å². The summed E-state index contributed by atoms with van der Waals surface area (Å²) in [6, 6.07) is 3.90. The van der Waals surface area contributed by atoms with Crippen LogP contribution in [-0.4, -0.2) is 48.9 Å². The van der Waals surface area contributed by atoms with Crippen molar-refractivity contribution in [2.75, 3.05) is 18.5 Å². The molecule has 0 radical (unpaired) electrons. The van der Waals surface area contributed by atoms with Crippen LogP contribution in [0.2, 0.25) is 0 Å². The van der Waals surface area contributed by atoms with E-state index in [0.717, 1.165) is 18.6 Å². The molecule has 3 aromatic heterocycles. The molecule has 2 N–H and O–H groups in total. The first-order valence-corrected chi connectivity index (χ1v) is 8.35. The van der Waals surface area contributed by atoms with Crippen LogP contribution < -0.4 is 5.32 Å². The number of hydrogen-bond acceptors (Lipinski definition) is 7. The van der Waals surface area contributed by atoms with Crippen molar-refractivity contribution >= 4 is 17.0 Å². The first kappa shape index (κ1) is 15.9.